The molecule has 4 N–H and O–H groups in total. The number of sulfonamides is 1. The SMILES string of the molecule is CCCN1CC(NC(=O)Nc2cccc(S(N)(=O)=O)c2)CC1=O. The van der Waals surface area contributed by atoms with Crippen molar-refractivity contribution in [2.24, 2.45) is 5.14 Å². The first kappa shape index (κ1) is 17.2. The fourth-order valence-corrected chi connectivity index (χ4v) is 3.02. The molecule has 0 saturated carbocycles. The smallest absolute Gasteiger partial charge is 0.319 e. The van der Waals surface area contributed by atoms with Gasteiger partial charge in [-0.25, -0.2) is 18.4 Å². The van der Waals surface area contributed by atoms with Gasteiger partial charge in [0.1, 0.15) is 0 Å². The maximum atomic E-state index is 12.0. The average molecular weight is 340 g/mol. The minimum absolute atomic E-state index is 0.0216. The molecule has 2 rings (SSSR count). The Balaban J connectivity index is 1.94. The van der Waals surface area contributed by atoms with Crippen molar-refractivity contribution < 1.29 is 18.0 Å². The zero-order valence-corrected chi connectivity index (χ0v) is 13.6. The van der Waals surface area contributed by atoms with Crippen molar-refractivity contribution in [2.75, 3.05) is 18.4 Å². The van der Waals surface area contributed by atoms with Gasteiger partial charge in [0.2, 0.25) is 15.9 Å². The summed E-state index contributed by atoms with van der Waals surface area (Å²) in [7, 11) is -3.83. The molecule has 0 spiro atoms. The fraction of sp³-hybridized carbons (Fsp3) is 0.429. The number of nitrogens with zero attached hydrogens (tertiary/aromatic N) is 1. The van der Waals surface area contributed by atoms with E-state index in [0.717, 1.165) is 6.42 Å². The lowest BCUT2D eigenvalue weighted by Gasteiger charge is -2.16. The van der Waals surface area contributed by atoms with Gasteiger partial charge in [-0.2, -0.15) is 0 Å². The number of hydrogen-bond acceptors (Lipinski definition) is 4. The highest BCUT2D eigenvalue weighted by Crippen LogP contribution is 2.15. The van der Waals surface area contributed by atoms with E-state index in [1.807, 2.05) is 6.92 Å². The Hall–Kier alpha value is -2.13. The maximum absolute atomic E-state index is 12.0. The summed E-state index contributed by atoms with van der Waals surface area (Å²) in [5, 5.41) is 10.3. The summed E-state index contributed by atoms with van der Waals surface area (Å²) in [5.74, 6) is 0.0216. The molecule has 23 heavy (non-hydrogen) atoms. The van der Waals surface area contributed by atoms with Gasteiger partial charge >= 0.3 is 6.03 Å². The molecule has 1 unspecified atom stereocenters. The summed E-state index contributed by atoms with van der Waals surface area (Å²) in [4.78, 5) is 25.3. The van der Waals surface area contributed by atoms with E-state index < -0.39 is 16.1 Å². The molecule has 1 saturated heterocycles. The number of carbonyl (C=O) groups is 2. The van der Waals surface area contributed by atoms with E-state index in [-0.39, 0.29) is 23.3 Å². The number of nitrogens with one attached hydrogen (secondary N) is 2. The van der Waals surface area contributed by atoms with Crippen LogP contribution in [0.5, 0.6) is 0 Å². The van der Waals surface area contributed by atoms with Crippen LogP contribution in [0.1, 0.15) is 19.8 Å². The second-order valence-corrected chi connectivity index (χ2v) is 6.97. The fourth-order valence-electron chi connectivity index (χ4n) is 2.46. The molecule has 0 radical (unpaired) electrons. The van der Waals surface area contributed by atoms with E-state index in [1.165, 1.54) is 18.2 Å². The molecule has 9 heteroatoms. The first-order chi connectivity index (χ1) is 10.8. The third-order valence-corrected chi connectivity index (χ3v) is 4.37. The van der Waals surface area contributed by atoms with Crippen molar-refractivity contribution in [3.05, 3.63) is 24.3 Å². The zero-order chi connectivity index (χ0) is 17.0. The third kappa shape index (κ3) is 4.67. The van der Waals surface area contributed by atoms with Gasteiger partial charge in [-0.3, -0.25) is 4.79 Å². The average Bonchev–Trinajstić information content (AvgIpc) is 2.78. The summed E-state index contributed by atoms with van der Waals surface area (Å²) in [6.07, 6.45) is 1.13. The summed E-state index contributed by atoms with van der Waals surface area (Å²) < 4.78 is 22.6. The number of rotatable bonds is 5. The van der Waals surface area contributed by atoms with Crippen molar-refractivity contribution >= 4 is 27.6 Å². The van der Waals surface area contributed by atoms with E-state index in [0.29, 0.717) is 18.8 Å². The molecule has 1 aromatic carbocycles. The second-order valence-electron chi connectivity index (χ2n) is 5.41. The van der Waals surface area contributed by atoms with Crippen LogP contribution in [0.2, 0.25) is 0 Å². The van der Waals surface area contributed by atoms with Gasteiger partial charge in [0.15, 0.2) is 0 Å². The molecule has 3 amide bonds. The van der Waals surface area contributed by atoms with Crippen LogP contribution in [-0.4, -0.2) is 44.4 Å². The van der Waals surface area contributed by atoms with E-state index in [9.17, 15) is 18.0 Å². The highest BCUT2D eigenvalue weighted by molar-refractivity contribution is 7.89. The third-order valence-electron chi connectivity index (χ3n) is 3.46. The molecule has 1 heterocycles. The van der Waals surface area contributed by atoms with E-state index >= 15 is 0 Å². The number of likely N-dealkylation sites (tertiary alicyclic amines) is 1. The van der Waals surface area contributed by atoms with Crippen LogP contribution in [0, 0.1) is 0 Å². The van der Waals surface area contributed by atoms with Gasteiger partial charge in [-0.1, -0.05) is 13.0 Å². The summed E-state index contributed by atoms with van der Waals surface area (Å²) in [6, 6.07) is 4.91. The Morgan fingerprint density at radius 2 is 2.17 bits per heavy atom. The van der Waals surface area contributed by atoms with E-state index in [1.54, 1.807) is 11.0 Å². The second kappa shape index (κ2) is 6.97. The first-order valence-corrected chi connectivity index (χ1v) is 8.82. The maximum Gasteiger partial charge on any atom is 0.319 e. The Kier molecular flexibility index (Phi) is 5.22. The molecule has 0 aliphatic carbocycles. The van der Waals surface area contributed by atoms with Crippen LogP contribution >= 0.6 is 0 Å². The Morgan fingerprint density at radius 1 is 1.43 bits per heavy atom. The zero-order valence-electron chi connectivity index (χ0n) is 12.8. The van der Waals surface area contributed by atoms with Crippen molar-refractivity contribution in [1.82, 2.24) is 10.2 Å². The van der Waals surface area contributed by atoms with Crippen LogP contribution in [0.4, 0.5) is 10.5 Å². The molecular weight excluding hydrogens is 320 g/mol. The van der Waals surface area contributed by atoms with Crippen molar-refractivity contribution in [1.29, 1.82) is 0 Å². The molecule has 1 aliphatic rings. The van der Waals surface area contributed by atoms with Crippen LogP contribution < -0.4 is 15.8 Å². The van der Waals surface area contributed by atoms with Gasteiger partial charge in [-0.15, -0.1) is 0 Å². The topological polar surface area (TPSA) is 122 Å². The largest absolute Gasteiger partial charge is 0.341 e. The monoisotopic (exact) mass is 340 g/mol. The number of amides is 3. The van der Waals surface area contributed by atoms with Crippen LogP contribution in [0.25, 0.3) is 0 Å². The standard InChI is InChI=1S/C14H20N4O4S/c1-2-6-18-9-11(8-13(18)19)17-14(20)16-10-4-3-5-12(7-10)23(15,21)22/h3-5,7,11H,2,6,8-9H2,1H3,(H2,15,21,22)(H2,16,17,20). The highest BCUT2D eigenvalue weighted by Gasteiger charge is 2.29. The summed E-state index contributed by atoms with van der Waals surface area (Å²) in [6.45, 7) is 3.14. The van der Waals surface area contributed by atoms with Gasteiger partial charge < -0.3 is 15.5 Å². The molecule has 0 bridgehead atoms. The molecule has 1 fully saturated rings. The Labute approximate surface area is 135 Å². The summed E-state index contributed by atoms with van der Waals surface area (Å²) in [5.41, 5.74) is 0.309. The van der Waals surface area contributed by atoms with E-state index in [4.69, 9.17) is 5.14 Å². The molecule has 0 aromatic heterocycles. The lowest BCUT2D eigenvalue weighted by atomic mass is 10.2. The van der Waals surface area contributed by atoms with Crippen molar-refractivity contribution in [3.63, 3.8) is 0 Å². The number of carbonyl (C=O) groups excluding carboxylic acids is 2. The first-order valence-electron chi connectivity index (χ1n) is 7.27. The van der Waals surface area contributed by atoms with Gasteiger partial charge in [0.05, 0.1) is 10.9 Å². The van der Waals surface area contributed by atoms with Crippen LogP contribution in [0.15, 0.2) is 29.2 Å². The normalized spacial score (nSPS) is 18.1. The quantitative estimate of drug-likeness (QED) is 0.721. The highest BCUT2D eigenvalue weighted by atomic mass is 32.2. The van der Waals surface area contributed by atoms with Gasteiger partial charge in [0, 0.05) is 25.2 Å². The number of nitrogens with two attached hydrogens (primary N) is 1. The van der Waals surface area contributed by atoms with Crippen LogP contribution in [-0.2, 0) is 14.8 Å². The molecular formula is C14H20N4O4S. The predicted molar refractivity (Wildman–Crippen MR) is 85.2 cm³/mol. The predicted octanol–water partition coefficient (Wildman–Crippen LogP) is 0.466. The molecule has 126 valence electrons. The minimum atomic E-state index is -3.83. The molecule has 1 atom stereocenters. The lowest BCUT2D eigenvalue weighted by Crippen LogP contribution is -2.39. The van der Waals surface area contributed by atoms with Crippen molar-refractivity contribution in [2.45, 2.75) is 30.7 Å². The summed E-state index contributed by atoms with van der Waals surface area (Å²) >= 11 is 0. The van der Waals surface area contributed by atoms with Gasteiger partial charge in [0.25, 0.3) is 0 Å². The van der Waals surface area contributed by atoms with Crippen LogP contribution in [0.3, 0.4) is 0 Å². The molecule has 1 aromatic rings. The number of primary sulfonamides is 1. The lowest BCUT2D eigenvalue weighted by molar-refractivity contribution is -0.127. The Morgan fingerprint density at radius 3 is 2.83 bits per heavy atom. The Bertz CT molecular complexity index is 704. The molecule has 1 aliphatic heterocycles. The number of hydrogen-bond donors (Lipinski definition) is 3. The number of anilines is 1. The number of benzene rings is 1. The molecule has 8 nitrogen and oxygen atoms in total. The minimum Gasteiger partial charge on any atom is -0.341 e. The van der Waals surface area contributed by atoms with Gasteiger partial charge in [-0.05, 0) is 24.6 Å². The number of urea groups is 1. The van der Waals surface area contributed by atoms with E-state index in [2.05, 4.69) is 10.6 Å². The van der Waals surface area contributed by atoms with Crippen molar-refractivity contribution in [3.8, 4) is 0 Å².